The predicted octanol–water partition coefficient (Wildman–Crippen LogP) is 1.21. The molecule has 0 heterocycles. The number of aliphatic hydroxyl groups is 1. The van der Waals surface area contributed by atoms with Crippen molar-refractivity contribution >= 4 is 0 Å². The van der Waals surface area contributed by atoms with Crippen molar-refractivity contribution in [1.29, 1.82) is 0 Å². The summed E-state index contributed by atoms with van der Waals surface area (Å²) >= 11 is 0. The molecule has 0 spiro atoms. The summed E-state index contributed by atoms with van der Waals surface area (Å²) in [6.45, 7) is 1.52. The van der Waals surface area contributed by atoms with Gasteiger partial charge in [0.05, 0.1) is 19.3 Å². The van der Waals surface area contributed by atoms with Crippen LogP contribution in [0.3, 0.4) is 0 Å². The monoisotopic (exact) mass is 199 g/mol. The summed E-state index contributed by atoms with van der Waals surface area (Å²) in [6, 6.07) is 3.67. The molecule has 3 N–H and O–H groups in total. The van der Waals surface area contributed by atoms with Crippen molar-refractivity contribution in [3.63, 3.8) is 0 Å². The van der Waals surface area contributed by atoms with Gasteiger partial charge < -0.3 is 15.6 Å². The molecule has 0 saturated carbocycles. The third-order valence-electron chi connectivity index (χ3n) is 2.09. The van der Waals surface area contributed by atoms with Gasteiger partial charge in [-0.1, -0.05) is 6.07 Å². The Morgan fingerprint density at radius 1 is 1.50 bits per heavy atom. The molecule has 14 heavy (non-hydrogen) atoms. The van der Waals surface area contributed by atoms with Crippen LogP contribution in [0.2, 0.25) is 0 Å². The van der Waals surface area contributed by atoms with Gasteiger partial charge >= 0.3 is 0 Å². The molecule has 3 nitrogen and oxygen atoms in total. The summed E-state index contributed by atoms with van der Waals surface area (Å²) in [4.78, 5) is 0. The average molecular weight is 199 g/mol. The summed E-state index contributed by atoms with van der Waals surface area (Å²) in [5, 5.41) is 9.20. The molecule has 0 aliphatic rings. The van der Waals surface area contributed by atoms with E-state index < -0.39 is 18.0 Å². The van der Waals surface area contributed by atoms with Gasteiger partial charge in [0, 0.05) is 11.6 Å². The number of ether oxygens (including phenoxy) is 1. The number of nitrogens with two attached hydrogens (primary N) is 1. The highest BCUT2D eigenvalue weighted by molar-refractivity contribution is 5.31. The number of hydrogen-bond acceptors (Lipinski definition) is 3. The van der Waals surface area contributed by atoms with E-state index in [1.165, 1.54) is 26.2 Å². The van der Waals surface area contributed by atoms with Crippen molar-refractivity contribution in [3.8, 4) is 5.75 Å². The Morgan fingerprint density at radius 3 is 2.57 bits per heavy atom. The fraction of sp³-hybridized carbons (Fsp3) is 0.400. The number of benzene rings is 1. The second-order valence-corrected chi connectivity index (χ2v) is 3.15. The predicted molar refractivity (Wildman–Crippen MR) is 51.6 cm³/mol. The number of rotatable bonds is 3. The summed E-state index contributed by atoms with van der Waals surface area (Å²) in [7, 11) is 1.46. The highest BCUT2D eigenvalue weighted by Gasteiger charge is 2.16. The van der Waals surface area contributed by atoms with E-state index in [9.17, 15) is 9.50 Å². The summed E-state index contributed by atoms with van der Waals surface area (Å²) in [5.41, 5.74) is 5.89. The average Bonchev–Trinajstić information content (AvgIpc) is 2.16. The van der Waals surface area contributed by atoms with E-state index in [0.29, 0.717) is 11.3 Å². The molecule has 0 saturated heterocycles. The van der Waals surface area contributed by atoms with Gasteiger partial charge in [-0.3, -0.25) is 0 Å². The summed E-state index contributed by atoms with van der Waals surface area (Å²) in [6.07, 6.45) is -0.780. The van der Waals surface area contributed by atoms with Crippen molar-refractivity contribution in [1.82, 2.24) is 0 Å². The molecule has 78 valence electrons. The molecular weight excluding hydrogens is 185 g/mol. The van der Waals surface area contributed by atoms with Gasteiger partial charge in [0.25, 0.3) is 0 Å². The van der Waals surface area contributed by atoms with Crippen LogP contribution in [-0.2, 0) is 0 Å². The van der Waals surface area contributed by atoms with E-state index in [4.69, 9.17) is 10.5 Å². The highest BCUT2D eigenvalue weighted by atomic mass is 19.1. The van der Waals surface area contributed by atoms with Crippen LogP contribution in [0, 0.1) is 5.82 Å². The lowest BCUT2D eigenvalue weighted by atomic mass is 10.0. The Morgan fingerprint density at radius 2 is 2.14 bits per heavy atom. The van der Waals surface area contributed by atoms with Crippen LogP contribution in [0.25, 0.3) is 0 Å². The molecule has 0 bridgehead atoms. The first-order valence-electron chi connectivity index (χ1n) is 4.33. The normalized spacial score (nSPS) is 14.9. The van der Waals surface area contributed by atoms with Crippen molar-refractivity contribution in [2.45, 2.75) is 19.1 Å². The zero-order chi connectivity index (χ0) is 10.7. The maximum atomic E-state index is 13.4. The Kier molecular flexibility index (Phi) is 3.43. The topological polar surface area (TPSA) is 55.5 Å². The minimum absolute atomic E-state index is 0.292. The lowest BCUT2D eigenvalue weighted by molar-refractivity contribution is 0.162. The Bertz CT molecular complexity index is 315. The van der Waals surface area contributed by atoms with Gasteiger partial charge in [0.2, 0.25) is 0 Å². The lowest BCUT2D eigenvalue weighted by Gasteiger charge is -2.16. The van der Waals surface area contributed by atoms with E-state index in [0.717, 1.165) is 0 Å². The standard InChI is InChI=1S/C10H14FNO2/c1-6(13)10(12)8-4-3-7(14-2)5-9(8)11/h3-6,10,13H,12H2,1-2H3/t6-,10+/m0/s1. The van der Waals surface area contributed by atoms with Gasteiger partial charge in [-0.25, -0.2) is 4.39 Å². The molecule has 0 radical (unpaired) electrons. The smallest absolute Gasteiger partial charge is 0.131 e. The fourth-order valence-electron chi connectivity index (χ4n) is 1.17. The Hall–Kier alpha value is -1.13. The van der Waals surface area contributed by atoms with Crippen LogP contribution >= 0.6 is 0 Å². The molecule has 0 fully saturated rings. The molecule has 0 aromatic heterocycles. The second kappa shape index (κ2) is 4.39. The summed E-state index contributed by atoms with van der Waals surface area (Å²) in [5.74, 6) is -0.0261. The molecule has 0 unspecified atom stereocenters. The van der Waals surface area contributed by atoms with Gasteiger partial charge in [-0.05, 0) is 13.0 Å². The van der Waals surface area contributed by atoms with Crippen LogP contribution in [0.5, 0.6) is 5.75 Å². The van der Waals surface area contributed by atoms with E-state index in [-0.39, 0.29) is 0 Å². The highest BCUT2D eigenvalue weighted by Crippen LogP contribution is 2.22. The van der Waals surface area contributed by atoms with Crippen LogP contribution in [0.4, 0.5) is 4.39 Å². The van der Waals surface area contributed by atoms with Crippen molar-refractivity contribution in [2.24, 2.45) is 5.73 Å². The zero-order valence-corrected chi connectivity index (χ0v) is 8.20. The van der Waals surface area contributed by atoms with Crippen molar-refractivity contribution in [3.05, 3.63) is 29.6 Å². The lowest BCUT2D eigenvalue weighted by Crippen LogP contribution is -2.24. The molecule has 1 rings (SSSR count). The van der Waals surface area contributed by atoms with E-state index in [1.807, 2.05) is 0 Å². The summed E-state index contributed by atoms with van der Waals surface area (Å²) < 4.78 is 18.2. The fourth-order valence-corrected chi connectivity index (χ4v) is 1.17. The van der Waals surface area contributed by atoms with Gasteiger partial charge in [-0.2, -0.15) is 0 Å². The van der Waals surface area contributed by atoms with Crippen LogP contribution in [0.15, 0.2) is 18.2 Å². The van der Waals surface area contributed by atoms with Crippen LogP contribution in [-0.4, -0.2) is 18.3 Å². The number of halogens is 1. The second-order valence-electron chi connectivity index (χ2n) is 3.15. The third-order valence-corrected chi connectivity index (χ3v) is 2.09. The van der Waals surface area contributed by atoms with Gasteiger partial charge in [-0.15, -0.1) is 0 Å². The van der Waals surface area contributed by atoms with Crippen LogP contribution in [0.1, 0.15) is 18.5 Å². The van der Waals surface area contributed by atoms with Gasteiger partial charge in [0.1, 0.15) is 11.6 Å². The maximum Gasteiger partial charge on any atom is 0.131 e. The minimum atomic E-state index is -0.780. The van der Waals surface area contributed by atoms with E-state index >= 15 is 0 Å². The SMILES string of the molecule is COc1ccc([C@H](N)[C@H](C)O)c(F)c1. The molecular formula is C10H14FNO2. The number of aliphatic hydroxyl groups excluding tert-OH is 1. The molecule has 4 heteroatoms. The third kappa shape index (κ3) is 2.21. The Balaban J connectivity index is 2.99. The van der Waals surface area contributed by atoms with Gasteiger partial charge in [0.15, 0.2) is 0 Å². The molecule has 0 amide bonds. The van der Waals surface area contributed by atoms with E-state index in [2.05, 4.69) is 0 Å². The molecule has 0 aliphatic carbocycles. The largest absolute Gasteiger partial charge is 0.497 e. The zero-order valence-electron chi connectivity index (χ0n) is 8.20. The molecule has 2 atom stereocenters. The quantitative estimate of drug-likeness (QED) is 0.769. The number of hydrogen-bond donors (Lipinski definition) is 2. The Labute approximate surface area is 82.3 Å². The first-order valence-corrected chi connectivity index (χ1v) is 4.33. The molecule has 0 aliphatic heterocycles. The first kappa shape index (κ1) is 10.9. The van der Waals surface area contributed by atoms with Crippen molar-refractivity contribution < 1.29 is 14.2 Å². The number of methoxy groups -OCH3 is 1. The van der Waals surface area contributed by atoms with Crippen molar-refractivity contribution in [2.75, 3.05) is 7.11 Å². The minimum Gasteiger partial charge on any atom is -0.497 e. The first-order chi connectivity index (χ1) is 6.56. The van der Waals surface area contributed by atoms with Crippen LogP contribution < -0.4 is 10.5 Å². The maximum absolute atomic E-state index is 13.4. The van der Waals surface area contributed by atoms with E-state index in [1.54, 1.807) is 6.07 Å². The molecule has 1 aromatic rings. The molecule has 1 aromatic carbocycles.